The molecule has 1 N–H and O–H groups in total. The quantitative estimate of drug-likeness (QED) is 0.334. The van der Waals surface area contributed by atoms with Crippen LogP contribution < -0.4 is 5.32 Å². The number of hydrogen-bond donors (Lipinski definition) is 1. The number of carbonyl (C=O) groups is 1. The van der Waals surface area contributed by atoms with E-state index in [9.17, 15) is 4.79 Å². The van der Waals surface area contributed by atoms with Gasteiger partial charge in [0.15, 0.2) is 5.96 Å². The average Bonchev–Trinajstić information content (AvgIpc) is 3.30. The molecular weight excluding hydrogens is 503 g/mol. The summed E-state index contributed by atoms with van der Waals surface area (Å²) in [7, 11) is 0. The number of rotatable bonds is 7. The molecule has 2 heterocycles. The van der Waals surface area contributed by atoms with Crippen molar-refractivity contribution in [1.29, 1.82) is 0 Å². The minimum absolute atomic E-state index is 0. The predicted octanol–water partition coefficient (Wildman–Crippen LogP) is 3.40. The van der Waals surface area contributed by atoms with Crippen LogP contribution in [0.4, 0.5) is 0 Å². The van der Waals surface area contributed by atoms with Crippen LogP contribution in [0.2, 0.25) is 0 Å². The van der Waals surface area contributed by atoms with Crippen LogP contribution >= 0.6 is 24.0 Å². The fourth-order valence-corrected chi connectivity index (χ4v) is 3.94. The van der Waals surface area contributed by atoms with Gasteiger partial charge in [0.05, 0.1) is 12.4 Å². The first-order valence-electron chi connectivity index (χ1n) is 10.9. The highest BCUT2D eigenvalue weighted by Gasteiger charge is 2.29. The molecule has 1 fully saturated rings. The number of hydrogen-bond acceptors (Lipinski definition) is 3. The Kier molecular flexibility index (Phi) is 10.3. The monoisotopic (exact) mass is 538 g/mol. The van der Waals surface area contributed by atoms with Gasteiger partial charge >= 0.3 is 0 Å². The van der Waals surface area contributed by atoms with E-state index in [0.29, 0.717) is 25.0 Å². The Hall–Kier alpha value is -2.10. The maximum Gasteiger partial charge on any atom is 0.244 e. The van der Waals surface area contributed by atoms with Gasteiger partial charge in [-0.15, -0.1) is 24.0 Å². The van der Waals surface area contributed by atoms with Gasteiger partial charge in [-0.2, -0.15) is 0 Å². The number of benzene rings is 1. The first-order valence-corrected chi connectivity index (χ1v) is 10.9. The van der Waals surface area contributed by atoms with E-state index in [0.717, 1.165) is 37.6 Å². The summed E-state index contributed by atoms with van der Waals surface area (Å²) in [5.41, 5.74) is 1.14. The lowest BCUT2D eigenvalue weighted by molar-refractivity contribution is -0.130. The number of halogens is 1. The van der Waals surface area contributed by atoms with Crippen molar-refractivity contribution in [3.05, 3.63) is 54.6 Å². The van der Waals surface area contributed by atoms with Crippen LogP contribution in [0.25, 0.3) is 0 Å². The molecule has 31 heavy (non-hydrogen) atoms. The van der Waals surface area contributed by atoms with Gasteiger partial charge in [-0.1, -0.05) is 37.3 Å². The van der Waals surface area contributed by atoms with Gasteiger partial charge in [0, 0.05) is 45.1 Å². The molecule has 0 aliphatic carbocycles. The molecule has 1 aliphatic heterocycles. The maximum absolute atomic E-state index is 12.8. The molecule has 2 unspecified atom stereocenters. The normalized spacial score (nSPS) is 18.9. The number of likely N-dealkylation sites (N-methyl/N-ethyl adjacent to an activating group) is 1. The third kappa shape index (κ3) is 6.95. The highest BCUT2D eigenvalue weighted by molar-refractivity contribution is 14.0. The van der Waals surface area contributed by atoms with Crippen LogP contribution in [0.15, 0.2) is 54.0 Å². The molecule has 2 aromatic rings. The van der Waals surface area contributed by atoms with E-state index in [1.54, 1.807) is 0 Å². The Morgan fingerprint density at radius 3 is 2.71 bits per heavy atom. The third-order valence-corrected chi connectivity index (χ3v) is 5.78. The molecule has 170 valence electrons. The molecule has 0 spiro atoms. The average molecular weight is 538 g/mol. The molecule has 1 aromatic carbocycles. The Bertz CT molecular complexity index is 811. The van der Waals surface area contributed by atoms with Crippen molar-refractivity contribution in [3.63, 3.8) is 0 Å². The van der Waals surface area contributed by atoms with Gasteiger partial charge in [0.2, 0.25) is 5.91 Å². The van der Waals surface area contributed by atoms with E-state index in [-0.39, 0.29) is 36.4 Å². The van der Waals surface area contributed by atoms with E-state index in [4.69, 9.17) is 4.99 Å². The number of aromatic nitrogens is 2. The first-order chi connectivity index (χ1) is 14.6. The minimum atomic E-state index is 0. The lowest BCUT2D eigenvalue weighted by Gasteiger charge is -2.39. The van der Waals surface area contributed by atoms with Crippen molar-refractivity contribution >= 4 is 35.8 Å². The molecule has 1 aliphatic rings. The number of piperidine rings is 1. The highest BCUT2D eigenvalue weighted by Crippen LogP contribution is 2.27. The summed E-state index contributed by atoms with van der Waals surface area (Å²) in [6, 6.07) is 10.5. The zero-order valence-electron chi connectivity index (χ0n) is 18.8. The number of nitrogens with one attached hydrogen (secondary N) is 1. The molecule has 1 aromatic heterocycles. The predicted molar refractivity (Wildman–Crippen MR) is 136 cm³/mol. The van der Waals surface area contributed by atoms with Crippen molar-refractivity contribution < 1.29 is 4.79 Å². The lowest BCUT2D eigenvalue weighted by atomic mass is 9.93. The van der Waals surface area contributed by atoms with Crippen LogP contribution in [0.3, 0.4) is 0 Å². The molecule has 2 atom stereocenters. The number of aliphatic imine (C=N–C) groups is 1. The molecular formula is C23H35IN6O. The van der Waals surface area contributed by atoms with Crippen LogP contribution in [0, 0.1) is 5.92 Å². The molecule has 7 nitrogen and oxygen atoms in total. The van der Waals surface area contributed by atoms with E-state index in [1.165, 1.54) is 0 Å². The zero-order chi connectivity index (χ0) is 21.3. The summed E-state index contributed by atoms with van der Waals surface area (Å²) in [6.07, 6.45) is 6.83. The fraction of sp³-hybridized carbons (Fsp3) is 0.522. The number of likely N-dealkylation sites (tertiary alicyclic amines) is 1. The van der Waals surface area contributed by atoms with Crippen molar-refractivity contribution in [3.8, 4) is 0 Å². The number of nitrogens with zero attached hydrogens (tertiary/aromatic N) is 5. The SMILES string of the molecule is CCNC(=NCC(=O)N(CC)Cc1ccccc1)N1CCC(C)C(n2ccnc2)C1.I. The van der Waals surface area contributed by atoms with Crippen molar-refractivity contribution in [2.75, 3.05) is 32.7 Å². The third-order valence-electron chi connectivity index (χ3n) is 5.78. The van der Waals surface area contributed by atoms with Gasteiger partial charge in [-0.3, -0.25) is 4.79 Å². The number of guanidine groups is 1. The zero-order valence-corrected chi connectivity index (χ0v) is 21.1. The second-order valence-corrected chi connectivity index (χ2v) is 7.85. The largest absolute Gasteiger partial charge is 0.357 e. The second-order valence-electron chi connectivity index (χ2n) is 7.85. The van der Waals surface area contributed by atoms with Crippen LogP contribution in [0.5, 0.6) is 0 Å². The minimum Gasteiger partial charge on any atom is -0.357 e. The van der Waals surface area contributed by atoms with E-state index in [2.05, 4.69) is 45.7 Å². The summed E-state index contributed by atoms with van der Waals surface area (Å²) in [5.74, 6) is 1.44. The number of imidazole rings is 1. The molecule has 1 amide bonds. The van der Waals surface area contributed by atoms with Crippen LogP contribution in [0.1, 0.15) is 38.8 Å². The Labute approximate surface area is 203 Å². The molecule has 3 rings (SSSR count). The van der Waals surface area contributed by atoms with E-state index < -0.39 is 0 Å². The topological polar surface area (TPSA) is 65.8 Å². The molecule has 0 saturated carbocycles. The summed E-state index contributed by atoms with van der Waals surface area (Å²) in [4.78, 5) is 25.9. The van der Waals surface area contributed by atoms with E-state index >= 15 is 0 Å². The Morgan fingerprint density at radius 1 is 1.29 bits per heavy atom. The molecule has 1 saturated heterocycles. The van der Waals surface area contributed by atoms with Gasteiger partial charge in [-0.25, -0.2) is 9.98 Å². The number of amides is 1. The van der Waals surface area contributed by atoms with Gasteiger partial charge in [0.25, 0.3) is 0 Å². The van der Waals surface area contributed by atoms with Gasteiger partial charge in [0.1, 0.15) is 6.54 Å². The van der Waals surface area contributed by atoms with Gasteiger partial charge < -0.3 is 19.7 Å². The smallest absolute Gasteiger partial charge is 0.244 e. The van der Waals surface area contributed by atoms with Crippen LogP contribution in [-0.2, 0) is 11.3 Å². The molecule has 8 heteroatoms. The standard InChI is InChI=1S/C23H34N6O.HI/c1-4-25-23(28-13-11-19(3)21(17-28)29-14-12-24-18-29)26-15-22(30)27(5-2)16-20-9-7-6-8-10-20;/h6-10,12,14,18-19,21H,4-5,11,13,15-17H2,1-3H3,(H,25,26);1H. The number of carbonyl (C=O) groups excluding carboxylic acids is 1. The second kappa shape index (κ2) is 12.7. The highest BCUT2D eigenvalue weighted by atomic mass is 127. The van der Waals surface area contributed by atoms with Crippen molar-refractivity contribution in [2.45, 2.75) is 39.8 Å². The molecule has 0 radical (unpaired) electrons. The summed E-state index contributed by atoms with van der Waals surface area (Å²) < 4.78 is 2.18. The van der Waals surface area contributed by atoms with Gasteiger partial charge in [-0.05, 0) is 31.7 Å². The van der Waals surface area contributed by atoms with Crippen LogP contribution in [-0.4, -0.2) is 63.9 Å². The van der Waals surface area contributed by atoms with E-state index in [1.807, 2.05) is 48.7 Å². The summed E-state index contributed by atoms with van der Waals surface area (Å²) in [5, 5.41) is 3.38. The lowest BCUT2D eigenvalue weighted by Crippen LogP contribution is -2.49. The van der Waals surface area contributed by atoms with Crippen molar-refractivity contribution in [1.82, 2.24) is 24.7 Å². The Morgan fingerprint density at radius 2 is 2.06 bits per heavy atom. The van der Waals surface area contributed by atoms with Crippen molar-refractivity contribution in [2.24, 2.45) is 10.9 Å². The summed E-state index contributed by atoms with van der Waals surface area (Å²) >= 11 is 0. The molecule has 0 bridgehead atoms. The Balaban J connectivity index is 0.00000341. The maximum atomic E-state index is 12.8. The first kappa shape index (κ1) is 25.2. The summed E-state index contributed by atoms with van der Waals surface area (Å²) in [6.45, 7) is 10.4. The fourth-order valence-electron chi connectivity index (χ4n) is 3.94.